The summed E-state index contributed by atoms with van der Waals surface area (Å²) >= 11 is 0. The monoisotopic (exact) mass is 336 g/mol. The van der Waals surface area contributed by atoms with E-state index in [0.29, 0.717) is 6.04 Å². The zero-order valence-electron chi connectivity index (χ0n) is 14.6. The standard InChI is InChI=1S/C18H29N2O2P/c1-15-4-5-17(14-18(15)22-3)23(21)12-10-20(11-13-23)16-6-8-19(2)9-7-16/h4-5,14,16H,6-13H2,1-3H3. The molecule has 2 aliphatic rings. The molecule has 2 fully saturated rings. The molecule has 2 aliphatic heterocycles. The minimum atomic E-state index is -2.26. The largest absolute Gasteiger partial charge is 0.496 e. The zero-order valence-corrected chi connectivity index (χ0v) is 15.5. The highest BCUT2D eigenvalue weighted by atomic mass is 31.2. The van der Waals surface area contributed by atoms with Gasteiger partial charge in [-0.25, -0.2) is 0 Å². The van der Waals surface area contributed by atoms with Crippen LogP contribution < -0.4 is 10.0 Å². The SMILES string of the molecule is COc1cc(P2(=O)CCN(C3CCN(C)CC3)CC2)ccc1C. The molecule has 0 bridgehead atoms. The number of rotatable bonds is 3. The van der Waals surface area contributed by atoms with E-state index in [1.807, 2.05) is 25.1 Å². The molecule has 4 nitrogen and oxygen atoms in total. The Hall–Kier alpha value is -0.830. The number of nitrogens with zero attached hydrogens (tertiary/aromatic N) is 2. The van der Waals surface area contributed by atoms with Gasteiger partial charge in [0, 0.05) is 36.8 Å². The Kier molecular flexibility index (Phi) is 5.15. The van der Waals surface area contributed by atoms with Gasteiger partial charge in [-0.2, -0.15) is 0 Å². The van der Waals surface area contributed by atoms with Crippen molar-refractivity contribution < 1.29 is 9.30 Å². The minimum Gasteiger partial charge on any atom is -0.496 e. The third kappa shape index (κ3) is 3.65. The molecule has 23 heavy (non-hydrogen) atoms. The minimum absolute atomic E-state index is 0.688. The van der Waals surface area contributed by atoms with E-state index in [1.54, 1.807) is 7.11 Å². The van der Waals surface area contributed by atoms with Crippen molar-refractivity contribution in [2.24, 2.45) is 0 Å². The molecule has 3 rings (SSSR count). The summed E-state index contributed by atoms with van der Waals surface area (Å²) in [6.45, 7) is 6.35. The number of aryl methyl sites for hydroxylation is 1. The molecule has 0 saturated carbocycles. The molecule has 128 valence electrons. The molecule has 2 heterocycles. The fourth-order valence-electron chi connectivity index (χ4n) is 3.85. The van der Waals surface area contributed by atoms with E-state index in [2.05, 4.69) is 16.8 Å². The van der Waals surface area contributed by atoms with Gasteiger partial charge in [0.2, 0.25) is 0 Å². The number of methoxy groups -OCH3 is 1. The van der Waals surface area contributed by atoms with Crippen molar-refractivity contribution >= 4 is 12.4 Å². The molecule has 0 unspecified atom stereocenters. The van der Waals surface area contributed by atoms with Crippen LogP contribution in [0.3, 0.4) is 0 Å². The average Bonchev–Trinajstić information content (AvgIpc) is 2.57. The Balaban J connectivity index is 1.66. The smallest absolute Gasteiger partial charge is 0.122 e. The molecule has 0 atom stereocenters. The van der Waals surface area contributed by atoms with Gasteiger partial charge in [0.25, 0.3) is 0 Å². The first kappa shape index (κ1) is 17.0. The van der Waals surface area contributed by atoms with Crippen LogP contribution in [-0.2, 0) is 4.57 Å². The Labute approximate surface area is 140 Å². The lowest BCUT2D eigenvalue weighted by atomic mass is 10.0. The number of benzene rings is 1. The highest BCUT2D eigenvalue weighted by Crippen LogP contribution is 2.47. The molecule has 0 radical (unpaired) electrons. The summed E-state index contributed by atoms with van der Waals surface area (Å²) in [6.07, 6.45) is 4.12. The number of ether oxygens (including phenoxy) is 1. The summed E-state index contributed by atoms with van der Waals surface area (Å²) in [6, 6.07) is 6.77. The quantitative estimate of drug-likeness (QED) is 0.794. The van der Waals surface area contributed by atoms with Crippen molar-refractivity contribution in [1.82, 2.24) is 9.80 Å². The number of likely N-dealkylation sites (tertiary alicyclic amines) is 1. The van der Waals surface area contributed by atoms with Crippen LogP contribution in [-0.4, -0.2) is 68.5 Å². The second kappa shape index (κ2) is 6.96. The molecule has 1 aromatic rings. The lowest BCUT2D eigenvalue weighted by molar-refractivity contribution is 0.129. The van der Waals surface area contributed by atoms with Gasteiger partial charge < -0.3 is 14.2 Å². The summed E-state index contributed by atoms with van der Waals surface area (Å²) in [5, 5.41) is 1.00. The molecule has 0 aliphatic carbocycles. The average molecular weight is 336 g/mol. The van der Waals surface area contributed by atoms with Gasteiger partial charge in [-0.1, -0.05) is 12.1 Å². The van der Waals surface area contributed by atoms with Gasteiger partial charge in [-0.05, 0) is 51.5 Å². The maximum atomic E-state index is 13.4. The number of piperidine rings is 1. The highest BCUT2D eigenvalue weighted by molar-refractivity contribution is 7.71. The van der Waals surface area contributed by atoms with E-state index in [4.69, 9.17) is 4.74 Å². The van der Waals surface area contributed by atoms with Crippen molar-refractivity contribution in [2.45, 2.75) is 25.8 Å². The predicted molar refractivity (Wildman–Crippen MR) is 96.8 cm³/mol. The molecule has 0 amide bonds. The fraction of sp³-hybridized carbons (Fsp3) is 0.667. The van der Waals surface area contributed by atoms with Gasteiger partial charge in [0.1, 0.15) is 12.9 Å². The first-order valence-electron chi connectivity index (χ1n) is 8.68. The van der Waals surface area contributed by atoms with Gasteiger partial charge in [0.05, 0.1) is 7.11 Å². The van der Waals surface area contributed by atoms with Crippen LogP contribution in [0.4, 0.5) is 0 Å². The van der Waals surface area contributed by atoms with Crippen molar-refractivity contribution in [1.29, 1.82) is 0 Å². The van der Waals surface area contributed by atoms with Crippen molar-refractivity contribution in [3.8, 4) is 5.75 Å². The molecule has 1 aromatic carbocycles. The van der Waals surface area contributed by atoms with Crippen LogP contribution >= 0.6 is 7.14 Å². The number of hydrogen-bond donors (Lipinski definition) is 0. The second-order valence-electron chi connectivity index (χ2n) is 7.06. The van der Waals surface area contributed by atoms with Gasteiger partial charge in [-0.15, -0.1) is 0 Å². The van der Waals surface area contributed by atoms with Gasteiger partial charge in [-0.3, -0.25) is 4.90 Å². The van der Waals surface area contributed by atoms with Crippen LogP contribution in [0.25, 0.3) is 0 Å². The van der Waals surface area contributed by atoms with Crippen LogP contribution in [0.2, 0.25) is 0 Å². The second-order valence-corrected chi connectivity index (χ2v) is 10.3. The highest BCUT2D eigenvalue weighted by Gasteiger charge is 2.34. The summed E-state index contributed by atoms with van der Waals surface area (Å²) < 4.78 is 18.8. The third-order valence-corrected chi connectivity index (χ3v) is 8.63. The molecule has 0 spiro atoms. The summed E-state index contributed by atoms with van der Waals surface area (Å²) in [5.74, 6) is 0.857. The maximum Gasteiger partial charge on any atom is 0.122 e. The van der Waals surface area contributed by atoms with Gasteiger partial charge >= 0.3 is 0 Å². The maximum absolute atomic E-state index is 13.4. The van der Waals surface area contributed by atoms with E-state index < -0.39 is 7.14 Å². The normalized spacial score (nSPS) is 23.8. The Bertz CT molecular complexity index is 585. The van der Waals surface area contributed by atoms with Gasteiger partial charge in [0.15, 0.2) is 0 Å². The molecule has 2 saturated heterocycles. The topological polar surface area (TPSA) is 32.8 Å². The Morgan fingerprint density at radius 1 is 1.13 bits per heavy atom. The summed E-state index contributed by atoms with van der Waals surface area (Å²) in [4.78, 5) is 4.98. The molecular formula is C18H29N2O2P. The van der Waals surface area contributed by atoms with Crippen LogP contribution in [0.1, 0.15) is 18.4 Å². The molecule has 0 aromatic heterocycles. The lowest BCUT2D eigenvalue weighted by Crippen LogP contribution is -2.48. The van der Waals surface area contributed by atoms with Crippen LogP contribution in [0, 0.1) is 6.92 Å². The van der Waals surface area contributed by atoms with E-state index >= 15 is 0 Å². The third-order valence-electron chi connectivity index (χ3n) is 5.56. The molecule has 0 N–H and O–H groups in total. The predicted octanol–water partition coefficient (Wildman–Crippen LogP) is 2.40. The molecular weight excluding hydrogens is 307 g/mol. The summed E-state index contributed by atoms with van der Waals surface area (Å²) in [5.41, 5.74) is 1.10. The summed E-state index contributed by atoms with van der Waals surface area (Å²) in [7, 11) is 1.63. The first-order chi connectivity index (χ1) is 11.0. The van der Waals surface area contributed by atoms with E-state index in [0.717, 1.165) is 42.0 Å². The lowest BCUT2D eigenvalue weighted by Gasteiger charge is -2.41. The van der Waals surface area contributed by atoms with Crippen molar-refractivity contribution in [2.75, 3.05) is 52.7 Å². The van der Waals surface area contributed by atoms with E-state index in [1.165, 1.54) is 25.9 Å². The van der Waals surface area contributed by atoms with Crippen LogP contribution in [0.15, 0.2) is 18.2 Å². The Morgan fingerprint density at radius 3 is 2.39 bits per heavy atom. The van der Waals surface area contributed by atoms with E-state index in [-0.39, 0.29) is 0 Å². The molecule has 5 heteroatoms. The number of hydrogen-bond acceptors (Lipinski definition) is 4. The van der Waals surface area contributed by atoms with Crippen molar-refractivity contribution in [3.05, 3.63) is 23.8 Å². The zero-order chi connectivity index (χ0) is 16.4. The van der Waals surface area contributed by atoms with Crippen LogP contribution in [0.5, 0.6) is 5.75 Å². The van der Waals surface area contributed by atoms with E-state index in [9.17, 15) is 4.57 Å². The first-order valence-corrected chi connectivity index (χ1v) is 10.8. The Morgan fingerprint density at radius 2 is 1.78 bits per heavy atom. The fourth-order valence-corrected chi connectivity index (χ4v) is 6.45. The van der Waals surface area contributed by atoms with Crippen molar-refractivity contribution in [3.63, 3.8) is 0 Å².